The van der Waals surface area contributed by atoms with Gasteiger partial charge in [-0.15, -0.1) is 0 Å². The Hall–Kier alpha value is -2.30. The second-order valence-electron chi connectivity index (χ2n) is 5.48. The van der Waals surface area contributed by atoms with Crippen LogP contribution in [-0.2, 0) is 6.54 Å². The van der Waals surface area contributed by atoms with Gasteiger partial charge in [0.15, 0.2) is 5.96 Å². The first-order valence-corrected chi connectivity index (χ1v) is 7.43. The molecule has 0 bridgehead atoms. The highest BCUT2D eigenvalue weighted by molar-refractivity contribution is 5.77. The van der Waals surface area contributed by atoms with Crippen LogP contribution in [0.2, 0.25) is 0 Å². The smallest absolute Gasteiger partial charge is 0.188 e. The van der Waals surface area contributed by atoms with E-state index in [2.05, 4.69) is 27.4 Å². The second-order valence-corrected chi connectivity index (χ2v) is 5.48. The molecular weight excluding hydrogens is 262 g/mol. The Bertz CT molecular complexity index is 599. The monoisotopic (exact) mass is 283 g/mol. The van der Waals surface area contributed by atoms with E-state index < -0.39 is 0 Å². The molecule has 0 atom stereocenters. The number of rotatable bonds is 5. The van der Waals surface area contributed by atoms with Crippen LogP contribution in [-0.4, -0.2) is 22.1 Å². The summed E-state index contributed by atoms with van der Waals surface area (Å²) >= 11 is 0. The van der Waals surface area contributed by atoms with Gasteiger partial charge in [-0.25, -0.2) is 9.98 Å². The van der Waals surface area contributed by atoms with Crippen LogP contribution in [0.4, 0.5) is 0 Å². The van der Waals surface area contributed by atoms with E-state index >= 15 is 0 Å². The molecule has 0 aliphatic heterocycles. The van der Waals surface area contributed by atoms with Crippen LogP contribution in [0.15, 0.2) is 48.0 Å². The number of aromatic nitrogens is 2. The summed E-state index contributed by atoms with van der Waals surface area (Å²) in [5.41, 5.74) is 8.15. The third kappa shape index (κ3) is 3.42. The van der Waals surface area contributed by atoms with Crippen LogP contribution in [0.5, 0.6) is 0 Å². The van der Waals surface area contributed by atoms with Gasteiger partial charge in [0.05, 0.1) is 18.6 Å². The van der Waals surface area contributed by atoms with Crippen molar-refractivity contribution in [2.24, 2.45) is 16.6 Å². The van der Waals surface area contributed by atoms with Crippen molar-refractivity contribution < 1.29 is 0 Å². The zero-order valence-corrected chi connectivity index (χ0v) is 12.1. The standard InChI is InChI=1S/C16H21N5/c17-16(19-10-13-4-3-5-13)20-11-14-6-1-2-7-15(14)21-9-8-18-12-21/h1-2,6-9,12-13H,3-5,10-11H2,(H3,17,19,20). The Labute approximate surface area is 124 Å². The number of benzene rings is 1. The summed E-state index contributed by atoms with van der Waals surface area (Å²) < 4.78 is 1.99. The molecule has 1 saturated carbocycles. The number of imidazole rings is 1. The summed E-state index contributed by atoms with van der Waals surface area (Å²) in [6.07, 6.45) is 9.46. The molecule has 1 aliphatic rings. The van der Waals surface area contributed by atoms with Crippen molar-refractivity contribution in [3.05, 3.63) is 48.5 Å². The summed E-state index contributed by atoms with van der Waals surface area (Å²) in [6, 6.07) is 8.16. The Morgan fingerprint density at radius 3 is 2.95 bits per heavy atom. The Balaban J connectivity index is 1.64. The van der Waals surface area contributed by atoms with Gasteiger partial charge < -0.3 is 15.6 Å². The Kier molecular flexibility index (Phi) is 4.19. The number of aliphatic imine (C=N–C) groups is 1. The molecule has 3 rings (SSSR count). The lowest BCUT2D eigenvalue weighted by Gasteiger charge is -2.25. The van der Waals surface area contributed by atoms with E-state index in [0.717, 1.165) is 23.7 Å². The van der Waals surface area contributed by atoms with Crippen molar-refractivity contribution in [3.8, 4) is 5.69 Å². The highest BCUT2D eigenvalue weighted by atomic mass is 15.1. The molecule has 0 spiro atoms. The van der Waals surface area contributed by atoms with Crippen LogP contribution in [0.25, 0.3) is 5.69 Å². The molecule has 21 heavy (non-hydrogen) atoms. The fourth-order valence-corrected chi connectivity index (χ4v) is 2.47. The minimum Gasteiger partial charge on any atom is -0.370 e. The molecule has 110 valence electrons. The van der Waals surface area contributed by atoms with E-state index in [4.69, 9.17) is 5.73 Å². The average Bonchev–Trinajstić information content (AvgIpc) is 2.98. The van der Waals surface area contributed by atoms with E-state index in [1.807, 2.05) is 22.9 Å². The van der Waals surface area contributed by atoms with Crippen molar-refractivity contribution in [3.63, 3.8) is 0 Å². The summed E-state index contributed by atoms with van der Waals surface area (Å²) in [5.74, 6) is 1.30. The molecule has 0 amide bonds. The van der Waals surface area contributed by atoms with Gasteiger partial charge in [0.1, 0.15) is 0 Å². The first-order valence-electron chi connectivity index (χ1n) is 7.43. The van der Waals surface area contributed by atoms with Crippen LogP contribution in [0.1, 0.15) is 24.8 Å². The zero-order chi connectivity index (χ0) is 14.5. The lowest BCUT2D eigenvalue weighted by atomic mass is 9.85. The van der Waals surface area contributed by atoms with Crippen molar-refractivity contribution >= 4 is 5.96 Å². The van der Waals surface area contributed by atoms with Crippen molar-refractivity contribution in [1.82, 2.24) is 14.9 Å². The molecule has 1 aliphatic carbocycles. The van der Waals surface area contributed by atoms with Crippen LogP contribution >= 0.6 is 0 Å². The first kappa shape index (κ1) is 13.7. The second kappa shape index (κ2) is 6.43. The molecule has 0 saturated heterocycles. The number of nitrogens with zero attached hydrogens (tertiary/aromatic N) is 3. The van der Waals surface area contributed by atoms with Crippen molar-refractivity contribution in [1.29, 1.82) is 0 Å². The zero-order valence-electron chi connectivity index (χ0n) is 12.1. The number of hydrogen-bond donors (Lipinski definition) is 2. The fraction of sp³-hybridized carbons (Fsp3) is 0.375. The largest absolute Gasteiger partial charge is 0.370 e. The molecule has 5 heteroatoms. The number of hydrogen-bond acceptors (Lipinski definition) is 2. The van der Waals surface area contributed by atoms with Gasteiger partial charge in [0, 0.05) is 18.9 Å². The van der Waals surface area contributed by atoms with Crippen molar-refractivity contribution in [2.45, 2.75) is 25.8 Å². The summed E-state index contributed by atoms with van der Waals surface area (Å²) in [7, 11) is 0. The van der Waals surface area contributed by atoms with Gasteiger partial charge in [-0.2, -0.15) is 0 Å². The Morgan fingerprint density at radius 2 is 2.24 bits per heavy atom. The number of nitrogens with one attached hydrogen (secondary N) is 1. The third-order valence-electron chi connectivity index (χ3n) is 3.99. The minimum atomic E-state index is 0.530. The maximum Gasteiger partial charge on any atom is 0.188 e. The lowest BCUT2D eigenvalue weighted by molar-refractivity contribution is 0.315. The maximum absolute atomic E-state index is 5.94. The Morgan fingerprint density at radius 1 is 1.38 bits per heavy atom. The normalized spacial score (nSPS) is 15.7. The lowest BCUT2D eigenvalue weighted by Crippen LogP contribution is -2.37. The molecule has 5 nitrogen and oxygen atoms in total. The van der Waals surface area contributed by atoms with E-state index in [-0.39, 0.29) is 0 Å². The summed E-state index contributed by atoms with van der Waals surface area (Å²) in [6.45, 7) is 1.51. The summed E-state index contributed by atoms with van der Waals surface area (Å²) in [4.78, 5) is 8.53. The van der Waals surface area contributed by atoms with E-state index in [9.17, 15) is 0 Å². The van der Waals surface area contributed by atoms with Crippen LogP contribution in [0.3, 0.4) is 0 Å². The molecule has 0 unspecified atom stereocenters. The first-order chi connectivity index (χ1) is 10.3. The fourth-order valence-electron chi connectivity index (χ4n) is 2.47. The molecule has 2 aromatic rings. The average molecular weight is 283 g/mol. The minimum absolute atomic E-state index is 0.530. The highest BCUT2D eigenvalue weighted by Crippen LogP contribution is 2.25. The van der Waals surface area contributed by atoms with Gasteiger partial charge in [0.2, 0.25) is 0 Å². The molecule has 0 radical (unpaired) electrons. The maximum atomic E-state index is 5.94. The predicted molar refractivity (Wildman–Crippen MR) is 84.2 cm³/mol. The van der Waals surface area contributed by atoms with Gasteiger partial charge in [0.25, 0.3) is 0 Å². The molecular formula is C16H21N5. The van der Waals surface area contributed by atoms with Crippen LogP contribution in [0, 0.1) is 5.92 Å². The van der Waals surface area contributed by atoms with Gasteiger partial charge in [-0.1, -0.05) is 24.6 Å². The van der Waals surface area contributed by atoms with Gasteiger partial charge in [-0.3, -0.25) is 0 Å². The predicted octanol–water partition coefficient (Wildman–Crippen LogP) is 2.08. The molecule has 1 aromatic heterocycles. The molecule has 1 fully saturated rings. The highest BCUT2D eigenvalue weighted by Gasteiger charge is 2.16. The quantitative estimate of drug-likeness (QED) is 0.652. The number of nitrogens with two attached hydrogens (primary N) is 1. The molecule has 1 heterocycles. The topological polar surface area (TPSA) is 68.2 Å². The van der Waals surface area contributed by atoms with Crippen LogP contribution < -0.4 is 11.1 Å². The molecule has 3 N–H and O–H groups in total. The van der Waals surface area contributed by atoms with E-state index in [1.54, 1.807) is 12.5 Å². The van der Waals surface area contributed by atoms with Gasteiger partial charge in [-0.05, 0) is 30.4 Å². The summed E-state index contributed by atoms with van der Waals surface area (Å²) in [5, 5.41) is 3.22. The van der Waals surface area contributed by atoms with E-state index in [1.165, 1.54) is 19.3 Å². The van der Waals surface area contributed by atoms with Crippen molar-refractivity contribution in [2.75, 3.05) is 6.54 Å². The number of guanidine groups is 1. The van der Waals surface area contributed by atoms with E-state index in [0.29, 0.717) is 12.5 Å². The SMILES string of the molecule is NC(=NCc1ccccc1-n1ccnc1)NCC1CCC1. The van der Waals surface area contributed by atoms with Gasteiger partial charge >= 0.3 is 0 Å². The number of para-hydroxylation sites is 1. The third-order valence-corrected chi connectivity index (χ3v) is 3.99. The molecule has 1 aromatic carbocycles.